The standard InChI is InChI=1S/C23H24N4O5S/c1-18-24-22(25-32-18)17-31-21-9-7-20(8-10-21)23(28)26-12-14-27(15-13-26)33(29,30)16-11-19-5-3-2-4-6-19/h2-11,16H,12-15,17H2,1H3/b16-11+. The highest BCUT2D eigenvalue weighted by molar-refractivity contribution is 7.92. The van der Waals surface area contributed by atoms with Crippen LogP contribution in [-0.4, -0.2) is 59.8 Å². The van der Waals surface area contributed by atoms with Gasteiger partial charge in [0.05, 0.1) is 0 Å². The summed E-state index contributed by atoms with van der Waals surface area (Å²) < 4.78 is 37.1. The van der Waals surface area contributed by atoms with Crippen LogP contribution >= 0.6 is 0 Å². The molecule has 172 valence electrons. The maximum absolute atomic E-state index is 12.8. The number of benzene rings is 2. The largest absolute Gasteiger partial charge is 0.485 e. The Kier molecular flexibility index (Phi) is 6.85. The van der Waals surface area contributed by atoms with Crippen LogP contribution in [0.1, 0.15) is 27.6 Å². The van der Waals surface area contributed by atoms with Gasteiger partial charge in [-0.2, -0.15) is 9.29 Å². The van der Waals surface area contributed by atoms with E-state index in [9.17, 15) is 13.2 Å². The van der Waals surface area contributed by atoms with E-state index in [0.29, 0.717) is 36.1 Å². The molecule has 4 rings (SSSR count). The number of aromatic nitrogens is 2. The van der Waals surface area contributed by atoms with Gasteiger partial charge in [0, 0.05) is 44.1 Å². The third kappa shape index (κ3) is 5.85. The summed E-state index contributed by atoms with van der Waals surface area (Å²) in [6.07, 6.45) is 1.58. The van der Waals surface area contributed by atoms with Gasteiger partial charge in [-0.15, -0.1) is 0 Å². The maximum Gasteiger partial charge on any atom is 0.253 e. The van der Waals surface area contributed by atoms with Gasteiger partial charge < -0.3 is 14.2 Å². The highest BCUT2D eigenvalue weighted by Gasteiger charge is 2.27. The van der Waals surface area contributed by atoms with Gasteiger partial charge in [-0.1, -0.05) is 35.5 Å². The van der Waals surface area contributed by atoms with Crippen molar-refractivity contribution in [3.8, 4) is 5.75 Å². The molecule has 1 amide bonds. The fourth-order valence-electron chi connectivity index (χ4n) is 3.38. The molecule has 1 aliphatic heterocycles. The average Bonchev–Trinajstić information content (AvgIpc) is 3.27. The molecule has 3 aromatic rings. The van der Waals surface area contributed by atoms with Gasteiger partial charge in [-0.25, -0.2) is 8.42 Å². The molecule has 1 aliphatic rings. The Labute approximate surface area is 192 Å². The Morgan fingerprint density at radius 3 is 2.39 bits per heavy atom. The quantitative estimate of drug-likeness (QED) is 0.525. The Hall–Kier alpha value is -3.50. The highest BCUT2D eigenvalue weighted by Crippen LogP contribution is 2.17. The number of carbonyl (C=O) groups is 1. The lowest BCUT2D eigenvalue weighted by molar-refractivity contribution is 0.0698. The predicted molar refractivity (Wildman–Crippen MR) is 122 cm³/mol. The molecule has 0 N–H and O–H groups in total. The molecule has 0 saturated carbocycles. The number of aryl methyl sites for hydroxylation is 1. The molecule has 1 fully saturated rings. The van der Waals surface area contributed by atoms with Crippen molar-refractivity contribution in [2.75, 3.05) is 26.2 Å². The fraction of sp³-hybridized carbons (Fsp3) is 0.261. The molecule has 10 heteroatoms. The number of carbonyl (C=O) groups excluding carboxylic acids is 1. The van der Waals surface area contributed by atoms with Gasteiger partial charge in [-0.05, 0) is 35.9 Å². The zero-order chi connectivity index (χ0) is 23.3. The number of nitrogens with zero attached hydrogens (tertiary/aromatic N) is 4. The van der Waals surface area contributed by atoms with Gasteiger partial charge >= 0.3 is 0 Å². The average molecular weight is 469 g/mol. The lowest BCUT2D eigenvalue weighted by atomic mass is 10.2. The number of sulfonamides is 1. The molecule has 0 spiro atoms. The Morgan fingerprint density at radius 1 is 1.06 bits per heavy atom. The van der Waals surface area contributed by atoms with Crippen molar-refractivity contribution in [2.45, 2.75) is 13.5 Å². The molecule has 2 heterocycles. The third-order valence-corrected chi connectivity index (χ3v) is 6.72. The second kappa shape index (κ2) is 9.97. The van der Waals surface area contributed by atoms with Gasteiger partial charge in [0.2, 0.25) is 21.7 Å². The van der Waals surface area contributed by atoms with Crippen molar-refractivity contribution in [1.82, 2.24) is 19.3 Å². The van der Waals surface area contributed by atoms with Crippen molar-refractivity contribution >= 4 is 22.0 Å². The Balaban J connectivity index is 1.30. The summed E-state index contributed by atoms with van der Waals surface area (Å²) in [6, 6.07) is 16.0. The van der Waals surface area contributed by atoms with E-state index in [1.165, 1.54) is 9.71 Å². The van der Waals surface area contributed by atoms with Crippen LogP contribution in [0.2, 0.25) is 0 Å². The second-order valence-corrected chi connectivity index (χ2v) is 9.31. The maximum atomic E-state index is 12.8. The molecule has 0 atom stereocenters. The van der Waals surface area contributed by atoms with Crippen LogP contribution < -0.4 is 4.74 Å². The first kappa shape index (κ1) is 22.7. The minimum absolute atomic E-state index is 0.146. The molecule has 1 aromatic heterocycles. The minimum Gasteiger partial charge on any atom is -0.485 e. The minimum atomic E-state index is -3.55. The summed E-state index contributed by atoms with van der Waals surface area (Å²) in [5.41, 5.74) is 1.33. The van der Waals surface area contributed by atoms with Crippen LogP contribution in [0, 0.1) is 6.92 Å². The molecular formula is C23H24N4O5S. The van der Waals surface area contributed by atoms with E-state index in [0.717, 1.165) is 5.56 Å². The normalized spacial score (nSPS) is 15.1. The number of hydrogen-bond acceptors (Lipinski definition) is 7. The molecule has 0 radical (unpaired) electrons. The summed E-state index contributed by atoms with van der Waals surface area (Å²) in [5, 5.41) is 4.98. The van der Waals surface area contributed by atoms with Crippen molar-refractivity contribution in [3.05, 3.63) is 82.8 Å². The van der Waals surface area contributed by atoms with Crippen LogP contribution in [-0.2, 0) is 16.6 Å². The summed E-state index contributed by atoms with van der Waals surface area (Å²) in [5.74, 6) is 1.34. The monoisotopic (exact) mass is 468 g/mol. The highest BCUT2D eigenvalue weighted by atomic mass is 32.2. The van der Waals surface area contributed by atoms with E-state index in [1.54, 1.807) is 42.2 Å². The summed E-state index contributed by atoms with van der Waals surface area (Å²) >= 11 is 0. The lowest BCUT2D eigenvalue weighted by Gasteiger charge is -2.33. The van der Waals surface area contributed by atoms with Gasteiger partial charge in [0.25, 0.3) is 5.91 Å². The zero-order valence-electron chi connectivity index (χ0n) is 18.1. The van der Waals surface area contributed by atoms with E-state index >= 15 is 0 Å². The zero-order valence-corrected chi connectivity index (χ0v) is 18.9. The number of amides is 1. The van der Waals surface area contributed by atoms with Crippen LogP contribution in [0.15, 0.2) is 64.5 Å². The molecule has 2 aromatic carbocycles. The molecule has 1 saturated heterocycles. The topological polar surface area (TPSA) is 106 Å². The molecular weight excluding hydrogens is 444 g/mol. The lowest BCUT2D eigenvalue weighted by Crippen LogP contribution is -2.50. The van der Waals surface area contributed by atoms with Crippen molar-refractivity contribution in [3.63, 3.8) is 0 Å². The van der Waals surface area contributed by atoms with E-state index in [4.69, 9.17) is 9.26 Å². The SMILES string of the molecule is Cc1nc(COc2ccc(C(=O)N3CCN(S(=O)(=O)/C=C/c4ccccc4)CC3)cc2)no1. The molecule has 0 unspecified atom stereocenters. The molecule has 9 nitrogen and oxygen atoms in total. The number of ether oxygens (including phenoxy) is 1. The van der Waals surface area contributed by atoms with Gasteiger partial charge in [0.1, 0.15) is 5.75 Å². The van der Waals surface area contributed by atoms with Gasteiger partial charge in [0.15, 0.2) is 6.61 Å². The Morgan fingerprint density at radius 2 is 1.76 bits per heavy atom. The predicted octanol–water partition coefficient (Wildman–Crippen LogP) is 2.72. The second-order valence-electron chi connectivity index (χ2n) is 7.49. The van der Waals surface area contributed by atoms with Crippen LogP contribution in [0.25, 0.3) is 6.08 Å². The third-order valence-electron chi connectivity index (χ3n) is 5.16. The molecule has 33 heavy (non-hydrogen) atoms. The van der Waals surface area contributed by atoms with E-state index in [2.05, 4.69) is 10.1 Å². The van der Waals surface area contributed by atoms with Crippen LogP contribution in [0.3, 0.4) is 0 Å². The smallest absolute Gasteiger partial charge is 0.253 e. The van der Waals surface area contributed by atoms with Crippen LogP contribution in [0.4, 0.5) is 0 Å². The van der Waals surface area contributed by atoms with E-state index < -0.39 is 10.0 Å². The summed E-state index contributed by atoms with van der Waals surface area (Å²) in [4.78, 5) is 18.6. The summed E-state index contributed by atoms with van der Waals surface area (Å²) in [6.45, 7) is 3.02. The number of hydrogen-bond donors (Lipinski definition) is 0. The number of rotatable bonds is 7. The van der Waals surface area contributed by atoms with Gasteiger partial charge in [-0.3, -0.25) is 4.79 Å². The van der Waals surface area contributed by atoms with Crippen molar-refractivity contribution < 1.29 is 22.5 Å². The first-order valence-corrected chi connectivity index (χ1v) is 12.0. The van der Waals surface area contributed by atoms with Crippen LogP contribution in [0.5, 0.6) is 5.75 Å². The first-order chi connectivity index (χ1) is 15.9. The fourth-order valence-corrected chi connectivity index (χ4v) is 4.56. The van der Waals surface area contributed by atoms with E-state index in [1.807, 2.05) is 30.3 Å². The van der Waals surface area contributed by atoms with E-state index in [-0.39, 0.29) is 25.6 Å². The number of piperazine rings is 1. The molecule has 0 aliphatic carbocycles. The van der Waals surface area contributed by atoms with Crippen molar-refractivity contribution in [2.24, 2.45) is 0 Å². The molecule has 0 bridgehead atoms. The van der Waals surface area contributed by atoms with Crippen molar-refractivity contribution in [1.29, 1.82) is 0 Å². The Bertz CT molecular complexity index is 1220. The first-order valence-electron chi connectivity index (χ1n) is 10.5. The summed E-state index contributed by atoms with van der Waals surface area (Å²) in [7, 11) is -3.55.